The summed E-state index contributed by atoms with van der Waals surface area (Å²) >= 11 is 0.552. The fraction of sp³-hybridized carbons (Fsp3) is 0.118. The smallest absolute Gasteiger partial charge is 0.197 e. The van der Waals surface area contributed by atoms with Gasteiger partial charge in [-0.15, -0.1) is 0 Å². The number of rotatable bonds is 5. The zero-order valence-electron chi connectivity index (χ0n) is 13.2. The number of benzene rings is 2. The predicted octanol–water partition coefficient (Wildman–Crippen LogP) is 3.21. The van der Waals surface area contributed by atoms with E-state index in [1.54, 1.807) is 4.57 Å². The first kappa shape index (κ1) is 15.7. The molecule has 0 saturated heterocycles. The summed E-state index contributed by atoms with van der Waals surface area (Å²) in [6.45, 7) is 0.871. The van der Waals surface area contributed by atoms with Gasteiger partial charge in [-0.3, -0.25) is 4.57 Å². The number of nitrogen functional groups attached to an aromatic ring is 1. The van der Waals surface area contributed by atoms with Crippen LogP contribution >= 0.6 is 12.0 Å². The second-order valence-corrected chi connectivity index (χ2v) is 5.94. The number of nitrogens with zero attached hydrogens (tertiary/aromatic N) is 4. The zero-order chi connectivity index (χ0) is 17.2. The van der Waals surface area contributed by atoms with Crippen LogP contribution in [-0.2, 0) is 6.54 Å². The average molecular weight is 353 g/mol. The lowest BCUT2D eigenvalue weighted by molar-refractivity contribution is 0.298. The summed E-state index contributed by atoms with van der Waals surface area (Å²) in [5.74, 6) is 1.10. The first-order valence-corrected chi connectivity index (χ1v) is 8.44. The van der Waals surface area contributed by atoms with Crippen LogP contribution < -0.4 is 10.5 Å². The Hall–Kier alpha value is -2.84. The van der Waals surface area contributed by atoms with Gasteiger partial charge in [0, 0.05) is 5.39 Å². The Bertz CT molecular complexity index is 1040. The molecule has 0 aliphatic carbocycles. The summed E-state index contributed by atoms with van der Waals surface area (Å²) in [7, 11) is 0. The van der Waals surface area contributed by atoms with E-state index in [0.717, 1.165) is 16.5 Å². The molecule has 0 fully saturated rings. The van der Waals surface area contributed by atoms with E-state index in [1.165, 1.54) is 6.33 Å². The van der Waals surface area contributed by atoms with Crippen molar-refractivity contribution in [3.05, 3.63) is 48.8 Å². The lowest BCUT2D eigenvalue weighted by Gasteiger charge is -2.11. The van der Waals surface area contributed by atoms with Crippen molar-refractivity contribution in [2.75, 3.05) is 12.3 Å². The van der Waals surface area contributed by atoms with Crippen molar-refractivity contribution in [2.45, 2.75) is 11.7 Å². The molecule has 0 aliphatic rings. The highest BCUT2D eigenvalue weighted by molar-refractivity contribution is 7.93. The molecular weight excluding hydrogens is 338 g/mol. The molecule has 25 heavy (non-hydrogen) atoms. The van der Waals surface area contributed by atoms with Gasteiger partial charge in [0.25, 0.3) is 0 Å². The zero-order valence-corrected chi connectivity index (χ0v) is 14.0. The Labute approximate surface area is 147 Å². The average Bonchev–Trinajstić information content (AvgIpc) is 3.01. The number of anilines is 1. The predicted molar refractivity (Wildman–Crippen MR) is 97.7 cm³/mol. The van der Waals surface area contributed by atoms with Crippen LogP contribution in [0.25, 0.3) is 21.9 Å². The molecule has 3 N–H and O–H groups in total. The Balaban J connectivity index is 1.59. The summed E-state index contributed by atoms with van der Waals surface area (Å²) in [5.41, 5.74) is 6.88. The van der Waals surface area contributed by atoms with E-state index in [-0.39, 0.29) is 5.82 Å². The number of nitrogens with two attached hydrogens (primary N) is 1. The molecule has 0 saturated carbocycles. The minimum absolute atomic E-state index is 0.286. The Morgan fingerprint density at radius 3 is 2.84 bits per heavy atom. The minimum Gasteiger partial charge on any atom is -0.491 e. The highest BCUT2D eigenvalue weighted by atomic mass is 32.2. The molecule has 0 amide bonds. The molecule has 2 aromatic carbocycles. The third-order valence-electron chi connectivity index (χ3n) is 3.93. The molecule has 0 unspecified atom stereocenters. The van der Waals surface area contributed by atoms with Crippen molar-refractivity contribution in [3.63, 3.8) is 0 Å². The van der Waals surface area contributed by atoms with Crippen molar-refractivity contribution >= 4 is 39.8 Å². The van der Waals surface area contributed by atoms with Crippen molar-refractivity contribution in [2.24, 2.45) is 0 Å². The summed E-state index contributed by atoms with van der Waals surface area (Å²) in [4.78, 5) is 12.4. The highest BCUT2D eigenvalue weighted by Crippen LogP contribution is 2.26. The van der Waals surface area contributed by atoms with Crippen LogP contribution in [-0.4, -0.2) is 30.7 Å². The van der Waals surface area contributed by atoms with Crippen LogP contribution in [0.4, 0.5) is 5.82 Å². The normalized spacial score (nSPS) is 11.2. The summed E-state index contributed by atoms with van der Waals surface area (Å²) in [6.07, 6.45) is 1.38. The van der Waals surface area contributed by atoms with Gasteiger partial charge in [-0.25, -0.2) is 15.0 Å². The van der Waals surface area contributed by atoms with Crippen LogP contribution in [0.15, 0.2) is 53.9 Å². The first-order valence-electron chi connectivity index (χ1n) is 7.66. The molecule has 0 atom stereocenters. The molecule has 126 valence electrons. The molecule has 0 aliphatic heterocycles. The van der Waals surface area contributed by atoms with Crippen molar-refractivity contribution in [1.82, 2.24) is 19.5 Å². The summed E-state index contributed by atoms with van der Waals surface area (Å²) < 4.78 is 17.2. The summed E-state index contributed by atoms with van der Waals surface area (Å²) in [5, 5.41) is 2.59. The SMILES string of the molecule is Nc1ncnc2c1nc(SO)n2CCOc1cccc2ccccc12. The second-order valence-electron chi connectivity index (χ2n) is 5.39. The van der Waals surface area contributed by atoms with Gasteiger partial charge in [0.1, 0.15) is 18.7 Å². The fourth-order valence-electron chi connectivity index (χ4n) is 2.77. The van der Waals surface area contributed by atoms with Gasteiger partial charge >= 0.3 is 0 Å². The number of aromatic nitrogens is 4. The molecule has 0 spiro atoms. The van der Waals surface area contributed by atoms with Crippen LogP contribution in [0.1, 0.15) is 0 Å². The molecular formula is C17H15N5O2S. The first-order chi connectivity index (χ1) is 12.3. The maximum Gasteiger partial charge on any atom is 0.197 e. The number of ether oxygens (including phenoxy) is 1. The quantitative estimate of drug-likeness (QED) is 0.531. The lowest BCUT2D eigenvalue weighted by atomic mass is 10.1. The van der Waals surface area contributed by atoms with Gasteiger partial charge in [0.05, 0.1) is 18.6 Å². The van der Waals surface area contributed by atoms with Gasteiger partial charge in [0.15, 0.2) is 22.1 Å². The van der Waals surface area contributed by atoms with E-state index in [1.807, 2.05) is 42.5 Å². The molecule has 0 bridgehead atoms. The van der Waals surface area contributed by atoms with Crippen molar-refractivity contribution < 1.29 is 9.29 Å². The van der Waals surface area contributed by atoms with Crippen molar-refractivity contribution in [1.29, 1.82) is 0 Å². The van der Waals surface area contributed by atoms with E-state index < -0.39 is 0 Å². The molecule has 4 rings (SSSR count). The lowest BCUT2D eigenvalue weighted by Crippen LogP contribution is -2.10. The van der Waals surface area contributed by atoms with Gasteiger partial charge in [0.2, 0.25) is 0 Å². The van der Waals surface area contributed by atoms with Crippen LogP contribution in [0.2, 0.25) is 0 Å². The molecule has 2 heterocycles. The van der Waals surface area contributed by atoms with Crippen LogP contribution in [0, 0.1) is 0 Å². The van der Waals surface area contributed by atoms with E-state index in [9.17, 15) is 4.55 Å². The monoisotopic (exact) mass is 353 g/mol. The Kier molecular flexibility index (Phi) is 4.12. The molecule has 2 aromatic heterocycles. The molecule has 8 heteroatoms. The molecule has 7 nitrogen and oxygen atoms in total. The van der Waals surface area contributed by atoms with Gasteiger partial charge in [-0.2, -0.15) is 0 Å². The van der Waals surface area contributed by atoms with Crippen LogP contribution in [0.3, 0.4) is 0 Å². The second kappa shape index (κ2) is 6.58. The third kappa shape index (κ3) is 2.86. The van der Waals surface area contributed by atoms with E-state index >= 15 is 0 Å². The topological polar surface area (TPSA) is 99.1 Å². The van der Waals surface area contributed by atoms with Crippen molar-refractivity contribution in [3.8, 4) is 5.75 Å². The van der Waals surface area contributed by atoms with E-state index in [0.29, 0.717) is 41.5 Å². The van der Waals surface area contributed by atoms with E-state index in [4.69, 9.17) is 10.5 Å². The fourth-order valence-corrected chi connectivity index (χ4v) is 3.18. The Morgan fingerprint density at radius 2 is 1.96 bits per heavy atom. The number of fused-ring (bicyclic) bond motifs is 2. The van der Waals surface area contributed by atoms with Crippen LogP contribution in [0.5, 0.6) is 5.75 Å². The number of imidazole rings is 1. The maximum absolute atomic E-state index is 9.47. The standard InChI is InChI=1S/C17H15N5O2S/c18-15-14-16(20-10-19-15)22(17(21-14)25-23)8-9-24-13-7-3-5-11-4-1-2-6-12(11)13/h1-7,10,23H,8-9H2,(H2,18,19,20). The van der Waals surface area contributed by atoms with E-state index in [2.05, 4.69) is 15.0 Å². The molecule has 0 radical (unpaired) electrons. The Morgan fingerprint density at radius 1 is 1.12 bits per heavy atom. The van der Waals surface area contributed by atoms with Gasteiger partial charge in [-0.05, 0) is 11.5 Å². The molecule has 4 aromatic rings. The third-order valence-corrected chi connectivity index (χ3v) is 4.40. The highest BCUT2D eigenvalue weighted by Gasteiger charge is 2.15. The van der Waals surface area contributed by atoms with Gasteiger partial charge < -0.3 is 15.0 Å². The largest absolute Gasteiger partial charge is 0.491 e. The summed E-state index contributed by atoms with van der Waals surface area (Å²) in [6, 6.07) is 14.0. The van der Waals surface area contributed by atoms with Gasteiger partial charge in [-0.1, -0.05) is 36.4 Å². The minimum atomic E-state index is 0.286. The number of hydrogen-bond acceptors (Lipinski definition) is 7. The number of hydrogen-bond donors (Lipinski definition) is 2. The maximum atomic E-state index is 9.47.